The van der Waals surface area contributed by atoms with E-state index in [-0.39, 0.29) is 18.6 Å². The molecule has 0 radical (unpaired) electrons. The Labute approximate surface area is 130 Å². The maximum atomic E-state index is 11.6. The van der Waals surface area contributed by atoms with Crippen molar-refractivity contribution in [3.05, 3.63) is 41.4 Å². The van der Waals surface area contributed by atoms with E-state index in [0.717, 1.165) is 17.7 Å². The van der Waals surface area contributed by atoms with E-state index in [1.807, 2.05) is 23.1 Å². The molecule has 5 heteroatoms. The van der Waals surface area contributed by atoms with Crippen molar-refractivity contribution in [2.45, 2.75) is 19.4 Å². The van der Waals surface area contributed by atoms with Crippen molar-refractivity contribution in [2.24, 2.45) is 0 Å². The predicted molar refractivity (Wildman–Crippen MR) is 82.8 cm³/mol. The van der Waals surface area contributed by atoms with Crippen LogP contribution in [0.4, 0.5) is 0 Å². The lowest BCUT2D eigenvalue weighted by Gasteiger charge is -2.22. The number of esters is 1. The zero-order valence-electron chi connectivity index (χ0n) is 12.2. The van der Waals surface area contributed by atoms with E-state index < -0.39 is 0 Å². The molecule has 0 saturated heterocycles. The SMILES string of the molecule is C=CCN(CC(=O)OCC)CC1Cc2cc(Cl)ccc2O1. The second-order valence-electron chi connectivity index (χ2n) is 4.98. The van der Waals surface area contributed by atoms with Gasteiger partial charge in [0.2, 0.25) is 0 Å². The second-order valence-corrected chi connectivity index (χ2v) is 5.42. The number of hydrogen-bond donors (Lipinski definition) is 0. The summed E-state index contributed by atoms with van der Waals surface area (Å²) in [6.45, 7) is 7.44. The highest BCUT2D eigenvalue weighted by Crippen LogP contribution is 2.31. The van der Waals surface area contributed by atoms with Gasteiger partial charge in [0.1, 0.15) is 11.9 Å². The number of hydrogen-bond acceptors (Lipinski definition) is 4. The highest BCUT2D eigenvalue weighted by atomic mass is 35.5. The van der Waals surface area contributed by atoms with Crippen LogP contribution in [0.2, 0.25) is 5.02 Å². The number of halogens is 1. The van der Waals surface area contributed by atoms with Crippen molar-refractivity contribution < 1.29 is 14.3 Å². The standard InChI is InChI=1S/C16H20ClNO3/c1-3-7-18(11-16(19)20-4-2)10-14-9-12-8-13(17)5-6-15(12)21-14/h3,5-6,8,14H,1,4,7,9-11H2,2H3. The first-order chi connectivity index (χ1) is 10.1. The largest absolute Gasteiger partial charge is 0.488 e. The van der Waals surface area contributed by atoms with Gasteiger partial charge in [0.15, 0.2) is 0 Å². The summed E-state index contributed by atoms with van der Waals surface area (Å²) >= 11 is 5.99. The first-order valence-electron chi connectivity index (χ1n) is 7.06. The Morgan fingerprint density at radius 2 is 2.43 bits per heavy atom. The van der Waals surface area contributed by atoms with Gasteiger partial charge in [0.05, 0.1) is 13.2 Å². The normalized spacial score (nSPS) is 16.4. The Balaban J connectivity index is 1.93. The van der Waals surface area contributed by atoms with Gasteiger partial charge in [-0.25, -0.2) is 0 Å². The molecule has 0 spiro atoms. The van der Waals surface area contributed by atoms with Crippen LogP contribution in [-0.2, 0) is 16.0 Å². The Morgan fingerprint density at radius 1 is 1.62 bits per heavy atom. The van der Waals surface area contributed by atoms with Crippen LogP contribution < -0.4 is 4.74 Å². The molecule has 0 aliphatic carbocycles. The summed E-state index contributed by atoms with van der Waals surface area (Å²) in [6.07, 6.45) is 2.60. The van der Waals surface area contributed by atoms with Crippen LogP contribution in [0.1, 0.15) is 12.5 Å². The Kier molecular flexibility index (Phi) is 5.65. The van der Waals surface area contributed by atoms with E-state index >= 15 is 0 Å². The van der Waals surface area contributed by atoms with Crippen molar-refractivity contribution in [3.63, 3.8) is 0 Å². The van der Waals surface area contributed by atoms with Gasteiger partial charge in [-0.15, -0.1) is 6.58 Å². The fourth-order valence-corrected chi connectivity index (χ4v) is 2.65. The van der Waals surface area contributed by atoms with Gasteiger partial charge in [-0.1, -0.05) is 17.7 Å². The third-order valence-electron chi connectivity index (χ3n) is 3.27. The number of ether oxygens (including phenoxy) is 2. The van der Waals surface area contributed by atoms with Crippen LogP contribution in [0.5, 0.6) is 5.75 Å². The predicted octanol–water partition coefficient (Wildman–Crippen LogP) is 2.69. The number of nitrogens with zero attached hydrogens (tertiary/aromatic N) is 1. The highest BCUT2D eigenvalue weighted by Gasteiger charge is 2.25. The van der Waals surface area contributed by atoms with E-state index in [9.17, 15) is 4.79 Å². The van der Waals surface area contributed by atoms with Crippen molar-refractivity contribution in [1.29, 1.82) is 0 Å². The van der Waals surface area contributed by atoms with Crippen molar-refractivity contribution >= 4 is 17.6 Å². The van der Waals surface area contributed by atoms with E-state index in [2.05, 4.69) is 6.58 Å². The Hall–Kier alpha value is -1.52. The number of benzene rings is 1. The van der Waals surface area contributed by atoms with Gasteiger partial charge >= 0.3 is 5.97 Å². The molecule has 0 N–H and O–H groups in total. The molecule has 1 aliphatic heterocycles. The smallest absolute Gasteiger partial charge is 0.320 e. The van der Waals surface area contributed by atoms with Gasteiger partial charge in [-0.2, -0.15) is 0 Å². The maximum absolute atomic E-state index is 11.6. The zero-order valence-corrected chi connectivity index (χ0v) is 12.9. The van der Waals surface area contributed by atoms with E-state index in [1.165, 1.54) is 0 Å². The maximum Gasteiger partial charge on any atom is 0.320 e. The average Bonchev–Trinajstić information content (AvgIpc) is 2.80. The van der Waals surface area contributed by atoms with Crippen molar-refractivity contribution in [3.8, 4) is 5.75 Å². The first-order valence-corrected chi connectivity index (χ1v) is 7.44. The van der Waals surface area contributed by atoms with Gasteiger partial charge in [-0.05, 0) is 30.7 Å². The van der Waals surface area contributed by atoms with Gasteiger partial charge < -0.3 is 9.47 Å². The van der Waals surface area contributed by atoms with E-state index in [0.29, 0.717) is 24.7 Å². The molecule has 1 aromatic carbocycles. The van der Waals surface area contributed by atoms with Crippen LogP contribution in [0.15, 0.2) is 30.9 Å². The van der Waals surface area contributed by atoms with E-state index in [4.69, 9.17) is 21.1 Å². The van der Waals surface area contributed by atoms with Gasteiger partial charge in [-0.3, -0.25) is 9.69 Å². The third-order valence-corrected chi connectivity index (χ3v) is 3.51. The summed E-state index contributed by atoms with van der Waals surface area (Å²) in [5, 5.41) is 0.715. The van der Waals surface area contributed by atoms with Gasteiger partial charge in [0, 0.05) is 24.5 Å². The monoisotopic (exact) mass is 309 g/mol. The fraction of sp³-hybridized carbons (Fsp3) is 0.438. The van der Waals surface area contributed by atoms with Crippen LogP contribution in [0, 0.1) is 0 Å². The molecule has 0 bridgehead atoms. The topological polar surface area (TPSA) is 38.8 Å². The average molecular weight is 310 g/mol. The van der Waals surface area contributed by atoms with Crippen molar-refractivity contribution in [2.75, 3.05) is 26.2 Å². The molecule has 1 aliphatic rings. The summed E-state index contributed by atoms with van der Waals surface area (Å²) < 4.78 is 10.9. The molecule has 0 amide bonds. The number of rotatable bonds is 7. The summed E-state index contributed by atoms with van der Waals surface area (Å²) in [4.78, 5) is 13.6. The summed E-state index contributed by atoms with van der Waals surface area (Å²) in [5.41, 5.74) is 1.11. The Bertz CT molecular complexity index is 518. The first kappa shape index (κ1) is 15.9. The van der Waals surface area contributed by atoms with Crippen LogP contribution in [0.25, 0.3) is 0 Å². The molecule has 1 unspecified atom stereocenters. The summed E-state index contributed by atoms with van der Waals surface area (Å²) in [6, 6.07) is 5.64. The van der Waals surface area contributed by atoms with E-state index in [1.54, 1.807) is 13.0 Å². The second kappa shape index (κ2) is 7.48. The molecular formula is C16H20ClNO3. The molecule has 0 aromatic heterocycles. The minimum Gasteiger partial charge on any atom is -0.488 e. The molecule has 4 nitrogen and oxygen atoms in total. The molecule has 0 saturated carbocycles. The Morgan fingerprint density at radius 3 is 3.14 bits per heavy atom. The zero-order chi connectivity index (χ0) is 15.2. The lowest BCUT2D eigenvalue weighted by molar-refractivity contribution is -0.144. The molecule has 1 heterocycles. The van der Waals surface area contributed by atoms with Crippen LogP contribution in [0.3, 0.4) is 0 Å². The lowest BCUT2D eigenvalue weighted by atomic mass is 10.1. The molecular weight excluding hydrogens is 290 g/mol. The molecule has 21 heavy (non-hydrogen) atoms. The minimum absolute atomic E-state index is 0.0212. The number of carbonyl (C=O) groups is 1. The molecule has 0 fully saturated rings. The number of carbonyl (C=O) groups excluding carboxylic acids is 1. The summed E-state index contributed by atoms with van der Waals surface area (Å²) in [5.74, 6) is 0.650. The van der Waals surface area contributed by atoms with Gasteiger partial charge in [0.25, 0.3) is 0 Å². The highest BCUT2D eigenvalue weighted by molar-refractivity contribution is 6.30. The van der Waals surface area contributed by atoms with Crippen LogP contribution >= 0.6 is 11.6 Å². The third kappa shape index (κ3) is 4.48. The molecule has 114 valence electrons. The lowest BCUT2D eigenvalue weighted by Crippen LogP contribution is -2.38. The quantitative estimate of drug-likeness (QED) is 0.573. The fourth-order valence-electron chi connectivity index (χ4n) is 2.45. The van der Waals surface area contributed by atoms with Crippen molar-refractivity contribution in [1.82, 2.24) is 4.90 Å². The molecule has 1 atom stereocenters. The number of fused-ring (bicyclic) bond motifs is 1. The molecule has 1 aromatic rings. The van der Waals surface area contributed by atoms with Crippen LogP contribution in [-0.4, -0.2) is 43.2 Å². The summed E-state index contributed by atoms with van der Waals surface area (Å²) in [7, 11) is 0. The molecule has 2 rings (SSSR count). The minimum atomic E-state index is -0.224.